The van der Waals surface area contributed by atoms with Crippen molar-refractivity contribution in [2.45, 2.75) is 33.1 Å². The van der Waals surface area contributed by atoms with Gasteiger partial charge in [0.1, 0.15) is 10.7 Å². The van der Waals surface area contributed by atoms with Crippen LogP contribution < -0.4 is 5.32 Å². The first-order valence-corrected chi connectivity index (χ1v) is 7.62. The lowest BCUT2D eigenvalue weighted by Gasteiger charge is -2.16. The number of carbonyl (C=O) groups is 1. The summed E-state index contributed by atoms with van der Waals surface area (Å²) in [5, 5.41) is 6.88. The first kappa shape index (κ1) is 15.1. The molecule has 1 N–H and O–H groups in total. The number of carbonyl (C=O) groups excluding carboxylic acids is 1. The summed E-state index contributed by atoms with van der Waals surface area (Å²) in [4.78, 5) is 17.1. The number of aromatic nitrogens is 3. The average molecular weight is 355 g/mol. The highest BCUT2D eigenvalue weighted by atomic mass is 79.9. The Morgan fingerprint density at radius 3 is 2.70 bits per heavy atom. The lowest BCUT2D eigenvalue weighted by atomic mass is 9.91. The van der Waals surface area contributed by atoms with Crippen LogP contribution >= 0.6 is 27.5 Å². The number of nitrogens with zero attached hydrogens (tertiary/aromatic N) is 3. The van der Waals surface area contributed by atoms with Crippen LogP contribution in [0.1, 0.15) is 41.7 Å². The maximum absolute atomic E-state index is 12.3. The van der Waals surface area contributed by atoms with Crippen LogP contribution in [-0.2, 0) is 5.41 Å². The van der Waals surface area contributed by atoms with Gasteiger partial charge in [-0.05, 0) is 46.0 Å². The number of rotatable bonds is 2. The SMILES string of the molecule is Cc1cc(Br)cnc1NC(=O)c1snnc1C(C)(C)C. The molecular formula is C13H15BrN4OS. The third-order valence-electron chi connectivity index (χ3n) is 2.68. The van der Waals surface area contributed by atoms with E-state index in [1.54, 1.807) is 6.20 Å². The molecule has 0 saturated heterocycles. The summed E-state index contributed by atoms with van der Waals surface area (Å²) in [6.45, 7) is 7.90. The molecule has 7 heteroatoms. The van der Waals surface area contributed by atoms with E-state index in [9.17, 15) is 4.79 Å². The standard InChI is InChI=1S/C13H15BrN4OS/c1-7-5-8(14)6-15-11(7)16-12(19)9-10(13(2,3)4)17-18-20-9/h5-6H,1-4H3,(H,15,16,19). The molecule has 2 aromatic rings. The second-order valence-electron chi connectivity index (χ2n) is 5.47. The van der Waals surface area contributed by atoms with Gasteiger partial charge in [-0.25, -0.2) is 4.98 Å². The van der Waals surface area contributed by atoms with Gasteiger partial charge in [-0.1, -0.05) is 25.3 Å². The van der Waals surface area contributed by atoms with Crippen molar-refractivity contribution in [3.63, 3.8) is 0 Å². The summed E-state index contributed by atoms with van der Waals surface area (Å²) in [6.07, 6.45) is 1.65. The average Bonchev–Trinajstić information content (AvgIpc) is 2.81. The summed E-state index contributed by atoms with van der Waals surface area (Å²) in [7, 11) is 0. The number of hydrogen-bond donors (Lipinski definition) is 1. The molecule has 2 aromatic heterocycles. The van der Waals surface area contributed by atoms with Crippen molar-refractivity contribution in [2.24, 2.45) is 0 Å². The van der Waals surface area contributed by atoms with Gasteiger partial charge in [0.05, 0.1) is 5.69 Å². The van der Waals surface area contributed by atoms with E-state index >= 15 is 0 Å². The molecule has 0 aliphatic heterocycles. The molecule has 0 spiro atoms. The highest BCUT2D eigenvalue weighted by Crippen LogP contribution is 2.26. The molecule has 5 nitrogen and oxygen atoms in total. The maximum Gasteiger partial charge on any atom is 0.270 e. The molecular weight excluding hydrogens is 340 g/mol. The van der Waals surface area contributed by atoms with E-state index < -0.39 is 0 Å². The number of nitrogens with one attached hydrogen (secondary N) is 1. The zero-order valence-corrected chi connectivity index (χ0v) is 14.1. The monoisotopic (exact) mass is 354 g/mol. The van der Waals surface area contributed by atoms with E-state index in [0.717, 1.165) is 21.6 Å². The van der Waals surface area contributed by atoms with Crippen molar-refractivity contribution in [1.82, 2.24) is 14.6 Å². The third kappa shape index (κ3) is 3.21. The molecule has 0 unspecified atom stereocenters. The zero-order chi connectivity index (χ0) is 14.9. The molecule has 0 aliphatic rings. The summed E-state index contributed by atoms with van der Waals surface area (Å²) in [5.74, 6) is 0.328. The molecule has 106 valence electrons. The van der Waals surface area contributed by atoms with Gasteiger partial charge < -0.3 is 5.32 Å². The van der Waals surface area contributed by atoms with Crippen LogP contribution in [0.3, 0.4) is 0 Å². The van der Waals surface area contributed by atoms with Crippen molar-refractivity contribution < 1.29 is 4.79 Å². The predicted molar refractivity (Wildman–Crippen MR) is 83.2 cm³/mol. The third-order valence-corrected chi connectivity index (χ3v) is 3.84. The predicted octanol–water partition coefficient (Wildman–Crippen LogP) is 3.55. The summed E-state index contributed by atoms with van der Waals surface area (Å²) in [5.41, 5.74) is 1.37. The van der Waals surface area contributed by atoms with Crippen LogP contribution in [0.4, 0.5) is 5.82 Å². The van der Waals surface area contributed by atoms with E-state index in [2.05, 4.69) is 35.8 Å². The van der Waals surface area contributed by atoms with E-state index in [0.29, 0.717) is 16.4 Å². The molecule has 2 heterocycles. The molecule has 0 bridgehead atoms. The van der Waals surface area contributed by atoms with Crippen molar-refractivity contribution in [1.29, 1.82) is 0 Å². The Balaban J connectivity index is 2.27. The second kappa shape index (κ2) is 5.57. The van der Waals surface area contributed by atoms with Crippen LogP contribution in [0.25, 0.3) is 0 Å². The lowest BCUT2D eigenvalue weighted by Crippen LogP contribution is -2.20. The van der Waals surface area contributed by atoms with Crippen molar-refractivity contribution in [2.75, 3.05) is 5.32 Å². The van der Waals surface area contributed by atoms with Gasteiger partial charge in [0.2, 0.25) is 0 Å². The topological polar surface area (TPSA) is 67.8 Å². The number of amides is 1. The Hall–Kier alpha value is -1.34. The summed E-state index contributed by atoms with van der Waals surface area (Å²) >= 11 is 4.45. The van der Waals surface area contributed by atoms with Crippen molar-refractivity contribution in [3.05, 3.63) is 32.9 Å². The van der Waals surface area contributed by atoms with Crippen LogP contribution in [0, 0.1) is 6.92 Å². The van der Waals surface area contributed by atoms with Crippen molar-refractivity contribution in [3.8, 4) is 0 Å². The Morgan fingerprint density at radius 1 is 1.40 bits per heavy atom. The molecule has 0 aromatic carbocycles. The number of anilines is 1. The quantitative estimate of drug-likeness (QED) is 0.895. The van der Waals surface area contributed by atoms with Crippen LogP contribution in [0.2, 0.25) is 0 Å². The van der Waals surface area contributed by atoms with Crippen LogP contribution in [0.5, 0.6) is 0 Å². The molecule has 1 amide bonds. The minimum Gasteiger partial charge on any atom is -0.306 e. The normalized spacial score (nSPS) is 11.4. The smallest absolute Gasteiger partial charge is 0.270 e. The molecule has 0 radical (unpaired) electrons. The van der Waals surface area contributed by atoms with Crippen molar-refractivity contribution >= 4 is 39.2 Å². The fourth-order valence-corrected chi connectivity index (χ4v) is 2.88. The molecule has 0 aliphatic carbocycles. The van der Waals surface area contributed by atoms with E-state index in [1.807, 2.05) is 33.8 Å². The number of halogens is 1. The van der Waals surface area contributed by atoms with Gasteiger partial charge in [0, 0.05) is 16.1 Å². The number of pyridine rings is 1. The van der Waals surface area contributed by atoms with Gasteiger partial charge in [-0.15, -0.1) is 5.10 Å². The Labute approximate surface area is 130 Å². The van der Waals surface area contributed by atoms with Gasteiger partial charge in [-0.3, -0.25) is 4.79 Å². The molecule has 0 saturated carbocycles. The van der Waals surface area contributed by atoms with Gasteiger partial charge >= 0.3 is 0 Å². The van der Waals surface area contributed by atoms with Crippen LogP contribution in [0.15, 0.2) is 16.7 Å². The first-order chi connectivity index (χ1) is 9.29. The maximum atomic E-state index is 12.3. The van der Waals surface area contributed by atoms with E-state index in [4.69, 9.17) is 0 Å². The van der Waals surface area contributed by atoms with Gasteiger partial charge in [0.25, 0.3) is 5.91 Å². The summed E-state index contributed by atoms with van der Waals surface area (Å²) < 4.78 is 4.77. The highest BCUT2D eigenvalue weighted by molar-refractivity contribution is 9.10. The van der Waals surface area contributed by atoms with Gasteiger partial charge in [0.15, 0.2) is 0 Å². The minimum atomic E-state index is -0.220. The van der Waals surface area contributed by atoms with Gasteiger partial charge in [-0.2, -0.15) is 0 Å². The van der Waals surface area contributed by atoms with Crippen LogP contribution in [-0.4, -0.2) is 20.5 Å². The molecule has 0 fully saturated rings. The minimum absolute atomic E-state index is 0.220. The zero-order valence-electron chi connectivity index (χ0n) is 11.7. The molecule has 20 heavy (non-hydrogen) atoms. The van der Waals surface area contributed by atoms with E-state index in [-0.39, 0.29) is 11.3 Å². The molecule has 2 rings (SSSR count). The largest absolute Gasteiger partial charge is 0.306 e. The first-order valence-electron chi connectivity index (χ1n) is 6.05. The molecule has 0 atom stereocenters. The fourth-order valence-electron chi connectivity index (χ4n) is 1.67. The Bertz CT molecular complexity index is 648. The Morgan fingerprint density at radius 2 is 2.10 bits per heavy atom. The lowest BCUT2D eigenvalue weighted by molar-refractivity contribution is 0.102. The number of hydrogen-bond acceptors (Lipinski definition) is 5. The fraction of sp³-hybridized carbons (Fsp3) is 0.385. The van der Waals surface area contributed by atoms with E-state index in [1.165, 1.54) is 0 Å². The summed E-state index contributed by atoms with van der Waals surface area (Å²) in [6, 6.07) is 1.90. The number of aryl methyl sites for hydroxylation is 1. The second-order valence-corrected chi connectivity index (χ2v) is 7.14. The Kier molecular flexibility index (Phi) is 4.19. The highest BCUT2D eigenvalue weighted by Gasteiger charge is 2.26.